The summed E-state index contributed by atoms with van der Waals surface area (Å²) in [7, 11) is 0. The summed E-state index contributed by atoms with van der Waals surface area (Å²) in [6.07, 6.45) is 0.339. The molecule has 1 aliphatic rings. The molecule has 1 N–H and O–H groups in total. The van der Waals surface area contributed by atoms with Crippen LogP contribution < -0.4 is 5.32 Å². The number of ether oxygens (including phenoxy) is 1. The molecule has 0 spiro atoms. The number of morpholine rings is 1. The fourth-order valence-electron chi connectivity index (χ4n) is 2.62. The molecule has 1 aromatic heterocycles. The third-order valence-electron chi connectivity index (χ3n) is 3.12. The summed E-state index contributed by atoms with van der Waals surface area (Å²) in [5.41, 5.74) is -0.00851. The van der Waals surface area contributed by atoms with E-state index in [2.05, 4.69) is 48.5 Å². The zero-order valence-electron chi connectivity index (χ0n) is 11.6. The van der Waals surface area contributed by atoms with Gasteiger partial charge in [0.2, 0.25) is 0 Å². The molecule has 0 aliphatic carbocycles. The number of hydrogen-bond acceptors (Lipinski definition) is 4. The first-order chi connectivity index (χ1) is 8.55. The molecule has 1 unspecified atom stereocenters. The van der Waals surface area contributed by atoms with Crippen LogP contribution in [0.5, 0.6) is 0 Å². The van der Waals surface area contributed by atoms with Gasteiger partial charge in [-0.15, -0.1) is 11.3 Å². The second-order valence-corrected chi connectivity index (χ2v) is 6.71. The maximum atomic E-state index is 5.91. The van der Waals surface area contributed by atoms with Crippen molar-refractivity contribution < 1.29 is 4.74 Å². The maximum Gasteiger partial charge on any atom is 0.0757 e. The van der Waals surface area contributed by atoms with Crippen LogP contribution in [0.1, 0.15) is 25.6 Å². The van der Waals surface area contributed by atoms with E-state index in [-0.39, 0.29) is 5.60 Å². The second kappa shape index (κ2) is 6.15. The SMILES string of the molecule is CC1CN(CCNCc2cccs2)CC(C)(C)O1. The van der Waals surface area contributed by atoms with Crippen LogP contribution in [0.15, 0.2) is 17.5 Å². The van der Waals surface area contributed by atoms with E-state index in [1.54, 1.807) is 0 Å². The fraction of sp³-hybridized carbons (Fsp3) is 0.714. The van der Waals surface area contributed by atoms with E-state index in [4.69, 9.17) is 4.74 Å². The summed E-state index contributed by atoms with van der Waals surface area (Å²) in [5, 5.41) is 5.63. The van der Waals surface area contributed by atoms with Crippen molar-refractivity contribution in [2.24, 2.45) is 0 Å². The molecule has 0 saturated carbocycles. The molecule has 0 amide bonds. The fourth-order valence-corrected chi connectivity index (χ4v) is 3.29. The molecule has 4 heteroatoms. The highest BCUT2D eigenvalue weighted by atomic mass is 32.1. The number of nitrogens with zero attached hydrogens (tertiary/aromatic N) is 1. The molecule has 102 valence electrons. The summed E-state index contributed by atoms with van der Waals surface area (Å²) in [5.74, 6) is 0. The Balaban J connectivity index is 1.67. The lowest BCUT2D eigenvalue weighted by Crippen LogP contribution is -2.53. The molecule has 3 nitrogen and oxygen atoms in total. The number of hydrogen-bond donors (Lipinski definition) is 1. The van der Waals surface area contributed by atoms with E-state index in [1.165, 1.54) is 4.88 Å². The molecule has 18 heavy (non-hydrogen) atoms. The summed E-state index contributed by atoms with van der Waals surface area (Å²) in [4.78, 5) is 3.90. The monoisotopic (exact) mass is 268 g/mol. The molecule has 1 atom stereocenters. The number of nitrogens with one attached hydrogen (secondary N) is 1. The van der Waals surface area contributed by atoms with Gasteiger partial charge in [0, 0.05) is 37.6 Å². The predicted molar refractivity (Wildman–Crippen MR) is 77.1 cm³/mol. The molecule has 0 aromatic carbocycles. The van der Waals surface area contributed by atoms with E-state index < -0.39 is 0 Å². The zero-order valence-corrected chi connectivity index (χ0v) is 12.4. The Hall–Kier alpha value is -0.420. The highest BCUT2D eigenvalue weighted by molar-refractivity contribution is 7.09. The van der Waals surface area contributed by atoms with E-state index in [0.717, 1.165) is 32.7 Å². The van der Waals surface area contributed by atoms with Gasteiger partial charge in [-0.1, -0.05) is 6.07 Å². The average Bonchev–Trinajstić information content (AvgIpc) is 2.74. The number of thiophene rings is 1. The van der Waals surface area contributed by atoms with Gasteiger partial charge in [0.25, 0.3) is 0 Å². The Labute approximate surface area is 114 Å². The van der Waals surface area contributed by atoms with E-state index in [0.29, 0.717) is 6.10 Å². The van der Waals surface area contributed by atoms with E-state index >= 15 is 0 Å². The van der Waals surface area contributed by atoms with Crippen LogP contribution in [-0.2, 0) is 11.3 Å². The van der Waals surface area contributed by atoms with Crippen LogP contribution in [0, 0.1) is 0 Å². The van der Waals surface area contributed by atoms with Gasteiger partial charge in [0.1, 0.15) is 0 Å². The summed E-state index contributed by atoms with van der Waals surface area (Å²) < 4.78 is 5.91. The van der Waals surface area contributed by atoms with Crippen molar-refractivity contribution in [2.75, 3.05) is 26.2 Å². The van der Waals surface area contributed by atoms with Crippen molar-refractivity contribution in [3.63, 3.8) is 0 Å². The van der Waals surface area contributed by atoms with Gasteiger partial charge < -0.3 is 10.1 Å². The predicted octanol–water partition coefficient (Wildman–Crippen LogP) is 2.34. The first kappa shape index (κ1) is 14.0. The van der Waals surface area contributed by atoms with Crippen LogP contribution in [-0.4, -0.2) is 42.8 Å². The van der Waals surface area contributed by atoms with Gasteiger partial charge in [-0.2, -0.15) is 0 Å². The molecular formula is C14H24N2OS. The van der Waals surface area contributed by atoms with Gasteiger partial charge in [-0.25, -0.2) is 0 Å². The van der Waals surface area contributed by atoms with Crippen LogP contribution in [0.2, 0.25) is 0 Å². The Kier molecular flexibility index (Phi) is 4.78. The quantitative estimate of drug-likeness (QED) is 0.830. The van der Waals surface area contributed by atoms with Crippen LogP contribution in [0.4, 0.5) is 0 Å². The van der Waals surface area contributed by atoms with Crippen molar-refractivity contribution in [3.05, 3.63) is 22.4 Å². The highest BCUT2D eigenvalue weighted by Crippen LogP contribution is 2.20. The minimum absolute atomic E-state index is 0.00851. The maximum absolute atomic E-state index is 5.91. The van der Waals surface area contributed by atoms with Crippen molar-refractivity contribution >= 4 is 11.3 Å². The molecule has 0 radical (unpaired) electrons. The molecule has 1 fully saturated rings. The van der Waals surface area contributed by atoms with Crippen LogP contribution in [0.25, 0.3) is 0 Å². The van der Waals surface area contributed by atoms with Crippen LogP contribution in [0.3, 0.4) is 0 Å². The van der Waals surface area contributed by atoms with E-state index in [1.807, 2.05) is 11.3 Å². The molecule has 0 bridgehead atoms. The van der Waals surface area contributed by atoms with Gasteiger partial charge >= 0.3 is 0 Å². The third-order valence-corrected chi connectivity index (χ3v) is 4.00. The Bertz CT molecular complexity index is 351. The van der Waals surface area contributed by atoms with Gasteiger partial charge in [0.15, 0.2) is 0 Å². The van der Waals surface area contributed by atoms with E-state index in [9.17, 15) is 0 Å². The standard InChI is InChI=1S/C14H24N2OS/c1-12-10-16(11-14(2,3)17-12)7-6-15-9-13-5-4-8-18-13/h4-5,8,12,15H,6-7,9-11H2,1-3H3. The van der Waals surface area contributed by atoms with Crippen molar-refractivity contribution in [1.29, 1.82) is 0 Å². The first-order valence-electron chi connectivity index (χ1n) is 6.68. The lowest BCUT2D eigenvalue weighted by Gasteiger charge is -2.41. The van der Waals surface area contributed by atoms with Crippen LogP contribution >= 0.6 is 11.3 Å². The Morgan fingerprint density at radius 2 is 2.39 bits per heavy atom. The summed E-state index contributed by atoms with van der Waals surface area (Å²) in [6.45, 7) is 11.7. The highest BCUT2D eigenvalue weighted by Gasteiger charge is 2.30. The van der Waals surface area contributed by atoms with Crippen molar-refractivity contribution in [3.8, 4) is 0 Å². The minimum Gasteiger partial charge on any atom is -0.370 e. The van der Waals surface area contributed by atoms with Gasteiger partial charge in [-0.3, -0.25) is 4.90 Å². The number of rotatable bonds is 5. The second-order valence-electron chi connectivity index (χ2n) is 5.68. The third kappa shape index (κ3) is 4.35. The van der Waals surface area contributed by atoms with Crippen molar-refractivity contribution in [1.82, 2.24) is 10.2 Å². The normalized spacial score (nSPS) is 24.3. The van der Waals surface area contributed by atoms with Gasteiger partial charge in [-0.05, 0) is 32.2 Å². The molecule has 2 rings (SSSR count). The molecule has 2 heterocycles. The molecular weight excluding hydrogens is 244 g/mol. The first-order valence-corrected chi connectivity index (χ1v) is 7.56. The summed E-state index contributed by atoms with van der Waals surface area (Å²) in [6, 6.07) is 4.28. The largest absolute Gasteiger partial charge is 0.370 e. The van der Waals surface area contributed by atoms with Crippen molar-refractivity contribution in [2.45, 2.75) is 39.0 Å². The summed E-state index contributed by atoms with van der Waals surface area (Å²) >= 11 is 1.81. The molecule has 1 aromatic rings. The smallest absolute Gasteiger partial charge is 0.0757 e. The molecule has 1 aliphatic heterocycles. The lowest BCUT2D eigenvalue weighted by molar-refractivity contribution is -0.128. The lowest BCUT2D eigenvalue weighted by atomic mass is 10.1. The Morgan fingerprint density at radius 1 is 1.56 bits per heavy atom. The molecule has 1 saturated heterocycles. The Morgan fingerprint density at radius 3 is 3.06 bits per heavy atom. The average molecular weight is 268 g/mol. The minimum atomic E-state index is -0.00851. The van der Waals surface area contributed by atoms with Gasteiger partial charge in [0.05, 0.1) is 11.7 Å². The topological polar surface area (TPSA) is 24.5 Å². The zero-order chi connectivity index (χ0) is 13.0.